The van der Waals surface area contributed by atoms with Crippen LogP contribution in [0.15, 0.2) is 69.8 Å². The number of nitrogens with zero attached hydrogens (tertiary/aromatic N) is 1. The van der Waals surface area contributed by atoms with E-state index in [-0.39, 0.29) is 52.6 Å². The third-order valence-corrected chi connectivity index (χ3v) is 9.37. The van der Waals surface area contributed by atoms with Gasteiger partial charge in [0.2, 0.25) is 11.8 Å². The maximum Gasteiger partial charge on any atom is 0.416 e. The number of allylic oxidation sites excluding steroid dienone is 6. The van der Waals surface area contributed by atoms with Crippen LogP contribution in [0.1, 0.15) is 42.4 Å². The van der Waals surface area contributed by atoms with E-state index in [1.807, 2.05) is 0 Å². The number of aromatic hydroxyl groups is 1. The van der Waals surface area contributed by atoms with Gasteiger partial charge in [0, 0.05) is 23.1 Å². The zero-order valence-corrected chi connectivity index (χ0v) is 25.2. The molecule has 0 bridgehead atoms. The maximum absolute atomic E-state index is 14.0. The molecule has 3 aliphatic carbocycles. The summed E-state index contributed by atoms with van der Waals surface area (Å²) in [6.45, 7) is 1.88. The van der Waals surface area contributed by atoms with E-state index < -0.39 is 76.2 Å². The molecule has 1 heterocycles. The lowest BCUT2D eigenvalue weighted by atomic mass is 9.59. The molecule has 7 nitrogen and oxygen atoms in total. The van der Waals surface area contributed by atoms with Crippen molar-refractivity contribution in [3.8, 4) is 11.5 Å². The van der Waals surface area contributed by atoms with Gasteiger partial charge in [-0.05, 0) is 77.5 Å². The minimum atomic E-state index is -5.21. The van der Waals surface area contributed by atoms with E-state index in [0.29, 0.717) is 28.2 Å². The number of ketones is 2. The Kier molecular flexibility index (Phi) is 7.57. The summed E-state index contributed by atoms with van der Waals surface area (Å²) in [7, 11) is 0. The fourth-order valence-electron chi connectivity index (χ4n) is 6.89. The molecule has 14 heteroatoms. The summed E-state index contributed by atoms with van der Waals surface area (Å²) in [5.74, 6) is -7.32. The highest BCUT2D eigenvalue weighted by Crippen LogP contribution is 2.56. The second-order valence-electron chi connectivity index (χ2n) is 11.3. The van der Waals surface area contributed by atoms with E-state index in [9.17, 15) is 50.6 Å². The van der Waals surface area contributed by atoms with Crippen LogP contribution in [0.3, 0.4) is 0 Å². The van der Waals surface area contributed by atoms with Crippen molar-refractivity contribution >= 4 is 45.0 Å². The molecule has 46 heavy (non-hydrogen) atoms. The summed E-state index contributed by atoms with van der Waals surface area (Å²) in [6.07, 6.45) is -7.92. The number of rotatable bonds is 4. The van der Waals surface area contributed by atoms with Crippen molar-refractivity contribution in [2.24, 2.45) is 17.8 Å². The van der Waals surface area contributed by atoms with Gasteiger partial charge in [-0.2, -0.15) is 26.3 Å². The van der Waals surface area contributed by atoms with Gasteiger partial charge < -0.3 is 9.84 Å². The maximum atomic E-state index is 14.0. The van der Waals surface area contributed by atoms with Gasteiger partial charge in [-0.15, -0.1) is 0 Å². The third kappa shape index (κ3) is 5.06. The molecule has 2 aromatic carbocycles. The standard InChI is InChI=1S/C32H22BrF6NO6/c1-2-46-24-7-13(3-6-22(24)41)25-17-4-5-18-26(19(17)11-20-27(25)23(42)12-21(33)28(20)43)30(45)40(29(18)44)16-9-14(31(34,35)36)8-15(10-16)32(37,38)39/h3-4,6-10,12,18-19,25-26,41H,2,5,11H2,1H3/t18-,19+,25-,26-/m0/s1. The molecule has 4 aliphatic rings. The fraction of sp³-hybridized carbons (Fsp3) is 0.312. The van der Waals surface area contributed by atoms with Crippen molar-refractivity contribution in [2.75, 3.05) is 11.5 Å². The first-order valence-electron chi connectivity index (χ1n) is 14.0. The zero-order chi connectivity index (χ0) is 33.5. The molecule has 2 aromatic rings. The van der Waals surface area contributed by atoms with Crippen LogP contribution in [-0.4, -0.2) is 35.1 Å². The Morgan fingerprint density at radius 2 is 1.59 bits per heavy atom. The molecule has 1 aliphatic heterocycles. The van der Waals surface area contributed by atoms with Gasteiger partial charge in [-0.3, -0.25) is 19.2 Å². The number of hydrogen-bond donors (Lipinski definition) is 1. The molecule has 0 spiro atoms. The number of anilines is 1. The molecule has 0 radical (unpaired) electrons. The van der Waals surface area contributed by atoms with Gasteiger partial charge in [0.15, 0.2) is 23.1 Å². The SMILES string of the molecule is CCOc1cc([C@H]2C3=CC[C@@H]4C(=O)N(c5cc(C(F)(F)F)cc(C(F)(F)F)c5)C(=O)[C@@H]4[C@@H]3CC3=C2C(=O)C=C(Br)C3=O)ccc1O. The molecule has 0 saturated carbocycles. The second kappa shape index (κ2) is 11.0. The Bertz CT molecular complexity index is 1790. The first-order valence-corrected chi connectivity index (χ1v) is 14.8. The van der Waals surface area contributed by atoms with E-state index in [1.54, 1.807) is 13.0 Å². The number of Topliss-reactive ketones (excluding diaryl/α,β-unsaturated/α-hetero) is 1. The van der Waals surface area contributed by atoms with Crippen LogP contribution in [0.5, 0.6) is 11.5 Å². The van der Waals surface area contributed by atoms with Gasteiger partial charge in [-0.25, -0.2) is 4.90 Å². The van der Waals surface area contributed by atoms with Crippen molar-refractivity contribution < 1.29 is 55.4 Å². The van der Waals surface area contributed by atoms with Crippen LogP contribution in [0, 0.1) is 17.8 Å². The van der Waals surface area contributed by atoms with Crippen LogP contribution in [0.4, 0.5) is 32.0 Å². The molecule has 0 aromatic heterocycles. The van der Waals surface area contributed by atoms with Gasteiger partial charge in [0.25, 0.3) is 0 Å². The summed E-state index contributed by atoms with van der Waals surface area (Å²) >= 11 is 3.10. The van der Waals surface area contributed by atoms with Crippen molar-refractivity contribution in [2.45, 2.75) is 38.0 Å². The molecule has 1 fully saturated rings. The van der Waals surface area contributed by atoms with E-state index in [4.69, 9.17) is 4.74 Å². The van der Waals surface area contributed by atoms with E-state index in [2.05, 4.69) is 15.9 Å². The van der Waals surface area contributed by atoms with E-state index >= 15 is 0 Å². The number of hydrogen-bond acceptors (Lipinski definition) is 6. The summed E-state index contributed by atoms with van der Waals surface area (Å²) in [5, 5.41) is 10.3. The lowest BCUT2D eigenvalue weighted by molar-refractivity contribution is -0.143. The molecule has 1 N–H and O–H groups in total. The number of benzene rings is 2. The summed E-state index contributed by atoms with van der Waals surface area (Å²) < 4.78 is 87.3. The number of ether oxygens (including phenoxy) is 1. The van der Waals surface area contributed by atoms with Gasteiger partial charge >= 0.3 is 12.4 Å². The predicted molar refractivity (Wildman–Crippen MR) is 153 cm³/mol. The smallest absolute Gasteiger partial charge is 0.416 e. The number of halogens is 7. The Labute approximate surface area is 265 Å². The summed E-state index contributed by atoms with van der Waals surface area (Å²) in [5.41, 5.74) is -3.12. The fourth-order valence-corrected chi connectivity index (χ4v) is 7.34. The lowest BCUT2D eigenvalue weighted by Crippen LogP contribution is -2.39. The lowest BCUT2D eigenvalue weighted by Gasteiger charge is -2.42. The Balaban J connectivity index is 1.48. The van der Waals surface area contributed by atoms with E-state index in [1.165, 1.54) is 18.2 Å². The number of phenolic OH excluding ortho intramolecular Hbond substituents is 1. The third-order valence-electron chi connectivity index (χ3n) is 8.78. The Hall–Kier alpha value is -4.20. The highest BCUT2D eigenvalue weighted by molar-refractivity contribution is 9.12. The molecular formula is C32H22BrF6NO6. The van der Waals surface area contributed by atoms with Gasteiger partial charge in [0.05, 0.1) is 39.7 Å². The molecule has 2 amide bonds. The van der Waals surface area contributed by atoms with Crippen LogP contribution >= 0.6 is 15.9 Å². The number of amides is 2. The largest absolute Gasteiger partial charge is 0.504 e. The quantitative estimate of drug-likeness (QED) is 0.162. The van der Waals surface area contributed by atoms with Crippen LogP contribution in [-0.2, 0) is 31.5 Å². The van der Waals surface area contributed by atoms with Crippen molar-refractivity contribution in [3.63, 3.8) is 0 Å². The van der Waals surface area contributed by atoms with Gasteiger partial charge in [-0.1, -0.05) is 17.7 Å². The number of carbonyl (C=O) groups is 4. The van der Waals surface area contributed by atoms with E-state index in [0.717, 1.165) is 6.08 Å². The van der Waals surface area contributed by atoms with Crippen molar-refractivity contribution in [1.29, 1.82) is 0 Å². The minimum Gasteiger partial charge on any atom is -0.504 e. The number of carbonyl (C=O) groups excluding carboxylic acids is 4. The van der Waals surface area contributed by atoms with Gasteiger partial charge in [0.1, 0.15) is 0 Å². The second-order valence-corrected chi connectivity index (χ2v) is 12.2. The first-order chi connectivity index (χ1) is 21.5. The van der Waals surface area contributed by atoms with Crippen molar-refractivity contribution in [3.05, 3.63) is 86.4 Å². The minimum absolute atomic E-state index is 0.0328. The highest BCUT2D eigenvalue weighted by atomic mass is 79.9. The Morgan fingerprint density at radius 3 is 2.20 bits per heavy atom. The molecule has 0 unspecified atom stereocenters. The first kappa shape index (κ1) is 31.8. The van der Waals surface area contributed by atoms with Crippen molar-refractivity contribution in [1.82, 2.24) is 0 Å². The zero-order valence-electron chi connectivity index (χ0n) is 23.6. The van der Waals surface area contributed by atoms with Crippen LogP contribution < -0.4 is 9.64 Å². The summed E-state index contributed by atoms with van der Waals surface area (Å²) in [4.78, 5) is 54.8. The number of alkyl halides is 6. The average molecular weight is 710 g/mol. The number of phenols is 1. The molecule has 6 rings (SSSR count). The summed E-state index contributed by atoms with van der Waals surface area (Å²) in [6, 6.07) is 4.92. The molecule has 4 atom stereocenters. The highest BCUT2D eigenvalue weighted by Gasteiger charge is 2.57. The number of imide groups is 1. The predicted octanol–water partition coefficient (Wildman–Crippen LogP) is 6.80. The topological polar surface area (TPSA) is 101 Å². The molecule has 240 valence electrons. The van der Waals surface area contributed by atoms with Crippen LogP contribution in [0.25, 0.3) is 0 Å². The monoisotopic (exact) mass is 709 g/mol. The normalized spacial score (nSPS) is 24.8. The average Bonchev–Trinajstić information content (AvgIpc) is 3.24. The van der Waals surface area contributed by atoms with Crippen LogP contribution in [0.2, 0.25) is 0 Å². The molecular weight excluding hydrogens is 688 g/mol. The molecule has 1 saturated heterocycles. The Morgan fingerprint density at radius 1 is 0.935 bits per heavy atom. The number of fused-ring (bicyclic) bond motifs is 3.